The van der Waals surface area contributed by atoms with Crippen LogP contribution >= 0.6 is 0 Å². The number of nitrogens with one attached hydrogen (secondary N) is 2. The third-order valence-electron chi connectivity index (χ3n) is 8.51. The van der Waals surface area contributed by atoms with Crippen LogP contribution in [0.1, 0.15) is 85.1 Å². The number of rotatable bonds is 4. The van der Waals surface area contributed by atoms with Gasteiger partial charge in [-0.15, -0.1) is 0 Å². The zero-order chi connectivity index (χ0) is 23.9. The highest BCUT2D eigenvalue weighted by atomic mass is 16.1. The lowest BCUT2D eigenvalue weighted by Crippen LogP contribution is -2.43. The molecule has 1 unspecified atom stereocenters. The predicted molar refractivity (Wildman–Crippen MR) is 142 cm³/mol. The maximum absolute atomic E-state index is 12.9. The molecule has 0 radical (unpaired) electrons. The molecule has 2 aromatic rings. The van der Waals surface area contributed by atoms with Crippen LogP contribution < -0.4 is 5.32 Å². The van der Waals surface area contributed by atoms with Gasteiger partial charge in [0.05, 0.1) is 0 Å². The summed E-state index contributed by atoms with van der Waals surface area (Å²) in [5, 5.41) is 11.3. The Morgan fingerprint density at radius 2 is 1.82 bits per heavy atom. The minimum absolute atomic E-state index is 0. The van der Waals surface area contributed by atoms with E-state index in [0.717, 1.165) is 56.3 Å². The Hall–Kier alpha value is -2.72. The number of aryl methyl sites for hydroxylation is 1. The number of carbonyl (C=O) groups excluding carboxylic acids is 1. The number of carbonyl (C=O) groups is 1. The summed E-state index contributed by atoms with van der Waals surface area (Å²) < 4.78 is 0. The number of fused-ring (bicyclic) bond motifs is 2. The first-order valence-electron chi connectivity index (χ1n) is 12.9. The first-order chi connectivity index (χ1) is 16.4. The Kier molecular flexibility index (Phi) is 6.20. The van der Waals surface area contributed by atoms with Gasteiger partial charge < -0.3 is 15.6 Å². The smallest absolute Gasteiger partial charge is 0.251 e. The predicted octanol–water partition coefficient (Wildman–Crippen LogP) is 5.90. The number of likely N-dealkylation sites (tertiary alicyclic amines) is 1. The van der Waals surface area contributed by atoms with E-state index in [1.807, 2.05) is 12.1 Å². The number of benzene rings is 2. The quantitative estimate of drug-likeness (QED) is 0.561. The van der Waals surface area contributed by atoms with Crippen LogP contribution in [0, 0.1) is 12.3 Å². The summed E-state index contributed by atoms with van der Waals surface area (Å²) in [6, 6.07) is 13.1. The third kappa shape index (κ3) is 4.02. The molecule has 2 aliphatic carbocycles. The van der Waals surface area contributed by atoms with Gasteiger partial charge in [0.2, 0.25) is 0 Å². The van der Waals surface area contributed by atoms with Crippen molar-refractivity contribution in [3.63, 3.8) is 0 Å². The second-order valence-corrected chi connectivity index (χ2v) is 10.8. The molecule has 1 fully saturated rings. The zero-order valence-electron chi connectivity index (χ0n) is 20.8. The number of piperidine rings is 1. The minimum Gasteiger partial charge on any atom is -0.349 e. The molecule has 0 bridgehead atoms. The molecule has 0 saturated carbocycles. The van der Waals surface area contributed by atoms with Crippen LogP contribution in [0.25, 0.3) is 5.57 Å². The molecule has 0 aromatic heterocycles. The van der Waals surface area contributed by atoms with E-state index in [9.17, 15) is 4.79 Å². The zero-order valence-corrected chi connectivity index (χ0v) is 20.8. The van der Waals surface area contributed by atoms with Crippen molar-refractivity contribution in [1.29, 1.82) is 5.41 Å². The van der Waals surface area contributed by atoms with Gasteiger partial charge in [-0.3, -0.25) is 4.79 Å². The van der Waals surface area contributed by atoms with Crippen molar-refractivity contribution in [2.75, 3.05) is 20.1 Å². The van der Waals surface area contributed by atoms with Crippen molar-refractivity contribution in [2.45, 2.75) is 70.3 Å². The first-order valence-corrected chi connectivity index (χ1v) is 12.9. The monoisotopic (exact) mass is 457 g/mol. The van der Waals surface area contributed by atoms with Crippen LogP contribution in [0.5, 0.6) is 0 Å². The average molecular weight is 458 g/mol. The molecular formula is C30H39N3O. The van der Waals surface area contributed by atoms with E-state index in [2.05, 4.69) is 55.4 Å². The van der Waals surface area contributed by atoms with Gasteiger partial charge in [0.25, 0.3) is 5.91 Å². The Morgan fingerprint density at radius 1 is 1.12 bits per heavy atom. The summed E-state index contributed by atoms with van der Waals surface area (Å²) >= 11 is 0. The van der Waals surface area contributed by atoms with Gasteiger partial charge in [0, 0.05) is 30.2 Å². The van der Waals surface area contributed by atoms with Gasteiger partial charge in [-0.1, -0.05) is 36.8 Å². The van der Waals surface area contributed by atoms with E-state index in [1.54, 1.807) is 11.8 Å². The summed E-state index contributed by atoms with van der Waals surface area (Å²) in [5.41, 5.74) is 9.96. The molecule has 180 valence electrons. The number of amides is 1. The van der Waals surface area contributed by atoms with Crippen LogP contribution in [0.4, 0.5) is 0 Å². The molecule has 1 heterocycles. The number of allylic oxidation sites excluding steroid dienone is 2. The van der Waals surface area contributed by atoms with E-state index in [-0.39, 0.29) is 18.8 Å². The SMILES string of the molecule is Cc1ccc2c(c1C=N)C1=C(CCCC1)C(C)(c1ccc(C(=O)NC3CCN(C)CC3)cc1)C2.[HH]. The van der Waals surface area contributed by atoms with Gasteiger partial charge in [0.1, 0.15) is 0 Å². The van der Waals surface area contributed by atoms with Crippen molar-refractivity contribution >= 4 is 17.7 Å². The maximum atomic E-state index is 12.9. The van der Waals surface area contributed by atoms with E-state index in [4.69, 9.17) is 5.41 Å². The Balaban J connectivity index is 0.00000289. The lowest BCUT2D eigenvalue weighted by molar-refractivity contribution is 0.0917. The lowest BCUT2D eigenvalue weighted by atomic mass is 9.61. The first kappa shape index (κ1) is 23.0. The van der Waals surface area contributed by atoms with Gasteiger partial charge in [-0.05, 0) is 112 Å². The average Bonchev–Trinajstić information content (AvgIpc) is 2.86. The standard InChI is InChI=1S/C30H37N3O.H2/c1-20-8-9-22-18-30(2,27-7-5-4-6-25(27)28(22)26(20)19-31)23-12-10-21(11-13-23)29(34)32-24-14-16-33(3)17-15-24;/h8-13,19,24,31H,4-7,14-18H2,1-3H3,(H,32,34);1H. The van der Waals surface area contributed by atoms with Crippen molar-refractivity contribution in [2.24, 2.45) is 0 Å². The second-order valence-electron chi connectivity index (χ2n) is 10.8. The molecule has 2 N–H and O–H groups in total. The minimum atomic E-state index is -0.0692. The molecule has 1 amide bonds. The molecule has 5 rings (SSSR count). The maximum Gasteiger partial charge on any atom is 0.251 e. The van der Waals surface area contributed by atoms with Crippen LogP contribution in [0.15, 0.2) is 42.0 Å². The normalized spacial score (nSPS) is 23.3. The molecule has 1 aliphatic heterocycles. The Morgan fingerprint density at radius 3 is 2.53 bits per heavy atom. The highest BCUT2D eigenvalue weighted by Gasteiger charge is 2.39. The fraction of sp³-hybridized carbons (Fsp3) is 0.467. The molecule has 2 aromatic carbocycles. The largest absolute Gasteiger partial charge is 0.349 e. The van der Waals surface area contributed by atoms with E-state index < -0.39 is 0 Å². The summed E-state index contributed by atoms with van der Waals surface area (Å²) in [7, 11) is 2.14. The summed E-state index contributed by atoms with van der Waals surface area (Å²) in [6.45, 7) is 6.59. The van der Waals surface area contributed by atoms with E-state index in [1.165, 1.54) is 40.7 Å². The fourth-order valence-electron chi connectivity index (χ4n) is 6.42. The van der Waals surface area contributed by atoms with Gasteiger partial charge in [0.15, 0.2) is 0 Å². The molecule has 34 heavy (non-hydrogen) atoms. The van der Waals surface area contributed by atoms with Crippen LogP contribution in [0.2, 0.25) is 0 Å². The topological polar surface area (TPSA) is 56.2 Å². The summed E-state index contributed by atoms with van der Waals surface area (Å²) in [5.74, 6) is 0.0453. The number of hydrogen-bond donors (Lipinski definition) is 2. The van der Waals surface area contributed by atoms with Crippen LogP contribution in [-0.2, 0) is 11.8 Å². The second kappa shape index (κ2) is 9.14. The molecule has 4 nitrogen and oxygen atoms in total. The van der Waals surface area contributed by atoms with Gasteiger partial charge in [-0.25, -0.2) is 0 Å². The van der Waals surface area contributed by atoms with Crippen molar-refractivity contribution in [3.8, 4) is 0 Å². The van der Waals surface area contributed by atoms with Gasteiger partial charge in [-0.2, -0.15) is 0 Å². The number of hydrogen-bond acceptors (Lipinski definition) is 3. The Bertz CT molecular complexity index is 1140. The highest BCUT2D eigenvalue weighted by Crippen LogP contribution is 2.51. The van der Waals surface area contributed by atoms with Crippen molar-refractivity contribution in [1.82, 2.24) is 10.2 Å². The highest BCUT2D eigenvalue weighted by molar-refractivity contribution is 5.95. The van der Waals surface area contributed by atoms with Crippen LogP contribution in [0.3, 0.4) is 0 Å². The van der Waals surface area contributed by atoms with Crippen molar-refractivity contribution < 1.29 is 6.22 Å². The summed E-state index contributed by atoms with van der Waals surface area (Å²) in [4.78, 5) is 15.2. The molecular weight excluding hydrogens is 418 g/mol. The fourth-order valence-corrected chi connectivity index (χ4v) is 6.42. The number of nitrogens with zero attached hydrogens (tertiary/aromatic N) is 1. The lowest BCUT2D eigenvalue weighted by Gasteiger charge is -2.43. The molecule has 1 atom stereocenters. The molecule has 1 saturated heterocycles. The molecule has 0 spiro atoms. The molecule has 4 heteroatoms. The van der Waals surface area contributed by atoms with Gasteiger partial charge >= 0.3 is 0 Å². The van der Waals surface area contributed by atoms with Crippen LogP contribution in [-0.4, -0.2) is 43.2 Å². The Labute approximate surface area is 205 Å². The van der Waals surface area contributed by atoms with E-state index >= 15 is 0 Å². The molecule has 3 aliphatic rings. The summed E-state index contributed by atoms with van der Waals surface area (Å²) in [6.07, 6.45) is 9.20. The van der Waals surface area contributed by atoms with E-state index in [0.29, 0.717) is 0 Å². The third-order valence-corrected chi connectivity index (χ3v) is 8.51. The van der Waals surface area contributed by atoms with Crippen molar-refractivity contribution in [3.05, 3.63) is 75.4 Å².